The van der Waals surface area contributed by atoms with Crippen molar-refractivity contribution in [3.8, 4) is 0 Å². The van der Waals surface area contributed by atoms with Gasteiger partial charge in [0.15, 0.2) is 5.78 Å². The van der Waals surface area contributed by atoms with Gasteiger partial charge in [-0.15, -0.1) is 0 Å². The van der Waals surface area contributed by atoms with Gasteiger partial charge in [-0.1, -0.05) is 26.5 Å². The predicted octanol–water partition coefficient (Wildman–Crippen LogP) is -3.56. The molecule has 5 rings (SSSR count). The van der Waals surface area contributed by atoms with Gasteiger partial charge in [-0.05, 0) is 79.7 Å². The van der Waals surface area contributed by atoms with Crippen LogP contribution in [0.25, 0.3) is 5.57 Å². The van der Waals surface area contributed by atoms with E-state index in [1.807, 2.05) is 6.92 Å². The summed E-state index contributed by atoms with van der Waals surface area (Å²) in [6.07, 6.45) is 3.74. The Kier molecular flexibility index (Phi) is 12.1. The Hall–Kier alpha value is -2.34. The summed E-state index contributed by atoms with van der Waals surface area (Å²) in [5.41, 5.74) is 10.2. The second-order valence-electron chi connectivity index (χ2n) is 12.0. The number of nitrogens with one attached hydrogen (secondary N) is 3. The number of carboxylic acids is 2. The van der Waals surface area contributed by atoms with E-state index in [2.05, 4.69) is 40.7 Å². The molecule has 1 aliphatic carbocycles. The van der Waals surface area contributed by atoms with Crippen LogP contribution in [0.15, 0.2) is 34.5 Å². The number of ketones is 1. The number of hydrogen-bond acceptors (Lipinski definition) is 7. The summed E-state index contributed by atoms with van der Waals surface area (Å²) in [4.78, 5) is 48.0. The zero-order valence-electron chi connectivity index (χ0n) is 27.3. The number of carbonyl (C=O) groups excluding carboxylic acids is 2. The molecular weight excluding hydrogens is 594 g/mol. The Morgan fingerprint density at radius 3 is 2.40 bits per heavy atom. The number of aromatic nitrogens is 2. The molecule has 0 aromatic carbocycles. The van der Waals surface area contributed by atoms with E-state index in [9.17, 15) is 29.7 Å². The molecular formula is C33H38N4Na2O6. The molecule has 4 heterocycles. The van der Waals surface area contributed by atoms with Crippen molar-refractivity contribution >= 4 is 29.2 Å². The summed E-state index contributed by atoms with van der Waals surface area (Å²) in [7, 11) is 0. The molecule has 1 unspecified atom stereocenters. The zero-order chi connectivity index (χ0) is 31.3. The molecule has 45 heavy (non-hydrogen) atoms. The van der Waals surface area contributed by atoms with Gasteiger partial charge in [-0.2, -0.15) is 0 Å². The van der Waals surface area contributed by atoms with Crippen LogP contribution in [0.5, 0.6) is 0 Å². The number of carboxylic acid groups (broad SMARTS) is 2. The minimum absolute atomic E-state index is 0. The second-order valence-corrected chi connectivity index (χ2v) is 12.0. The Labute approximate surface area is 307 Å². The second kappa shape index (κ2) is 14.6. The summed E-state index contributed by atoms with van der Waals surface area (Å²) in [6, 6.07) is -1.15. The number of Topliss-reactive ketones (excluding diaryl/α,β-unsaturated/α-hetero) is 1. The van der Waals surface area contributed by atoms with Crippen molar-refractivity contribution < 1.29 is 88.8 Å². The number of H-pyrrole nitrogens is 2. The largest absolute Gasteiger partial charge is 1.00 e. The van der Waals surface area contributed by atoms with E-state index in [1.54, 1.807) is 19.9 Å². The molecule has 2 aromatic rings. The van der Waals surface area contributed by atoms with Crippen LogP contribution >= 0.6 is 0 Å². The number of allylic oxidation sites excluding steroid dienone is 2. The van der Waals surface area contributed by atoms with Crippen LogP contribution in [-0.2, 0) is 28.9 Å². The van der Waals surface area contributed by atoms with Gasteiger partial charge >= 0.3 is 65.1 Å². The fourth-order valence-electron chi connectivity index (χ4n) is 7.23. The first-order valence-corrected chi connectivity index (χ1v) is 14.8. The maximum absolute atomic E-state index is 13.3. The number of aliphatic imine (C=N–C) groups is 1. The number of aromatic amines is 2. The average Bonchev–Trinajstić information content (AvgIpc) is 3.69. The number of fused-ring (bicyclic) bond motifs is 1. The van der Waals surface area contributed by atoms with Gasteiger partial charge in [0.1, 0.15) is 6.04 Å². The van der Waals surface area contributed by atoms with Crippen LogP contribution in [0.4, 0.5) is 0 Å². The molecule has 1 saturated heterocycles. The van der Waals surface area contributed by atoms with Crippen LogP contribution in [0.3, 0.4) is 0 Å². The first kappa shape index (κ1) is 37.1. The molecule has 4 atom stereocenters. The molecule has 2 aliphatic heterocycles. The minimum atomic E-state index is -1.19. The predicted molar refractivity (Wildman–Crippen MR) is 158 cm³/mol. The Bertz CT molecular complexity index is 1650. The maximum atomic E-state index is 13.3. The third-order valence-electron chi connectivity index (χ3n) is 9.65. The first-order chi connectivity index (χ1) is 20.4. The van der Waals surface area contributed by atoms with Crippen molar-refractivity contribution in [2.24, 2.45) is 16.8 Å². The van der Waals surface area contributed by atoms with E-state index in [1.165, 1.54) is 5.56 Å². The third kappa shape index (κ3) is 6.73. The first-order valence-electron chi connectivity index (χ1n) is 14.8. The minimum Gasteiger partial charge on any atom is -0.859 e. The average molecular weight is 633 g/mol. The molecule has 0 bridgehead atoms. The summed E-state index contributed by atoms with van der Waals surface area (Å²) in [5.74, 6) is -3.16. The van der Waals surface area contributed by atoms with E-state index in [-0.39, 0.29) is 108 Å². The quantitative estimate of drug-likeness (QED) is 0.196. The van der Waals surface area contributed by atoms with Crippen molar-refractivity contribution in [2.45, 2.75) is 85.2 Å². The number of hydrogen-bond donors (Lipinski definition) is 4. The van der Waals surface area contributed by atoms with Crippen LogP contribution in [0, 0.1) is 25.7 Å². The van der Waals surface area contributed by atoms with Crippen LogP contribution in [-0.4, -0.2) is 50.8 Å². The van der Waals surface area contributed by atoms with Gasteiger partial charge in [0.25, 0.3) is 0 Å². The van der Waals surface area contributed by atoms with Crippen molar-refractivity contribution in [1.82, 2.24) is 15.3 Å². The molecule has 3 aliphatic rings. The van der Waals surface area contributed by atoms with Crippen LogP contribution in [0.2, 0.25) is 0 Å². The van der Waals surface area contributed by atoms with E-state index < -0.39 is 18.0 Å². The molecule has 0 saturated carbocycles. The summed E-state index contributed by atoms with van der Waals surface area (Å²) < 4.78 is 0. The number of nitrogens with zero attached hydrogens (tertiary/aromatic N) is 1. The van der Waals surface area contributed by atoms with E-state index in [0.717, 1.165) is 40.2 Å². The topological polar surface area (TPSA) is 174 Å². The SMILES string of the molecule is C=CC1=C(C)C([O-])=NC1Cc1[nH]c(Cc2[nH]c3c(c2C)C(=O)C/C3=C2\N[C@H](C(=O)O)[C@@H](C)[C@@H]2CCC(=O)[O-])c(CC)c1C.[Na+].[Na+]. The summed E-state index contributed by atoms with van der Waals surface area (Å²) >= 11 is 0. The fraction of sp³-hybridized carbons (Fsp3) is 0.455. The van der Waals surface area contributed by atoms with Gasteiger partial charge < -0.3 is 35.4 Å². The van der Waals surface area contributed by atoms with Crippen LogP contribution in [0.1, 0.15) is 89.9 Å². The monoisotopic (exact) mass is 632 g/mol. The van der Waals surface area contributed by atoms with Crippen molar-refractivity contribution in [3.63, 3.8) is 0 Å². The smallest absolute Gasteiger partial charge is 0.859 e. The van der Waals surface area contributed by atoms with Gasteiger partial charge in [0.2, 0.25) is 0 Å². The summed E-state index contributed by atoms with van der Waals surface area (Å²) in [6.45, 7) is 13.5. The van der Waals surface area contributed by atoms with E-state index >= 15 is 0 Å². The molecule has 0 spiro atoms. The Morgan fingerprint density at radius 1 is 1.11 bits per heavy atom. The van der Waals surface area contributed by atoms with Gasteiger partial charge in [0, 0.05) is 65.1 Å². The van der Waals surface area contributed by atoms with Crippen molar-refractivity contribution in [2.75, 3.05) is 0 Å². The standard InChI is InChI=1S/C33H40N4O6.2Na/c1-7-18-14(3)22(12-25-19(8-2)16(5)32(41)36-25)34-24(18)13-23-17(6)28-26(38)11-21(31(28)35-23)30-20(9-10-27(39)40)15(4)29(37-30)33(42)43;;/h8,15,20,25,29,34-35,37H,2,7,9-13H2,1,3-6H3,(H,36,41)(H,39,40)(H,42,43);;/q;2*+1/p-2/b30-21+;;/t15-,20-,25?,29-;;/m0../s1. The zero-order valence-corrected chi connectivity index (χ0v) is 31.3. The normalized spacial score (nSPS) is 23.8. The number of aliphatic carboxylic acids is 2. The molecule has 4 N–H and O–H groups in total. The van der Waals surface area contributed by atoms with Gasteiger partial charge in [0.05, 0.1) is 11.7 Å². The van der Waals surface area contributed by atoms with E-state index in [4.69, 9.17) is 0 Å². The van der Waals surface area contributed by atoms with Crippen molar-refractivity contribution in [3.05, 3.63) is 74.5 Å². The number of rotatable bonds is 10. The maximum Gasteiger partial charge on any atom is 1.00 e. The van der Waals surface area contributed by atoms with Crippen molar-refractivity contribution in [1.29, 1.82) is 0 Å². The molecule has 228 valence electrons. The van der Waals surface area contributed by atoms with E-state index in [0.29, 0.717) is 40.9 Å². The molecule has 10 nitrogen and oxygen atoms in total. The molecule has 1 fully saturated rings. The molecule has 0 amide bonds. The summed E-state index contributed by atoms with van der Waals surface area (Å²) in [5, 5.41) is 36.4. The molecule has 0 radical (unpaired) electrons. The third-order valence-corrected chi connectivity index (χ3v) is 9.65. The molecule has 2 aromatic heterocycles. The number of carbonyl (C=O) groups is 3. The Balaban J connectivity index is 0.00000276. The Morgan fingerprint density at radius 2 is 1.80 bits per heavy atom. The fourth-order valence-corrected chi connectivity index (χ4v) is 7.23. The molecule has 12 heteroatoms. The van der Waals surface area contributed by atoms with Crippen LogP contribution < -0.4 is 74.6 Å². The van der Waals surface area contributed by atoms with Gasteiger partial charge in [-0.3, -0.25) is 9.79 Å². The van der Waals surface area contributed by atoms with Gasteiger partial charge in [-0.25, -0.2) is 4.79 Å².